The molecular weight excluding hydrogens is 428 g/mol. The number of alkyl halides is 6. The number of nitrogens with two attached hydrogens (primary N) is 2. The van der Waals surface area contributed by atoms with Crippen LogP contribution in [0.4, 0.5) is 26.3 Å². The van der Waals surface area contributed by atoms with Gasteiger partial charge in [0.25, 0.3) is 5.78 Å². The maximum absolute atomic E-state index is 13.2. The van der Waals surface area contributed by atoms with Gasteiger partial charge in [-0.1, -0.05) is 0 Å². The second-order valence-corrected chi connectivity index (χ2v) is 6.64. The molecule has 174 valence electrons. The number of imide groups is 1. The highest BCUT2D eigenvalue weighted by atomic mass is 19.4. The van der Waals surface area contributed by atoms with Crippen molar-refractivity contribution in [1.29, 1.82) is 0 Å². The third-order valence-corrected chi connectivity index (χ3v) is 4.11. The van der Waals surface area contributed by atoms with Crippen LogP contribution in [0.5, 0.6) is 0 Å². The van der Waals surface area contributed by atoms with Gasteiger partial charge in [-0.3, -0.25) is 14.4 Å². The lowest BCUT2D eigenvalue weighted by molar-refractivity contribution is -0.208. The van der Waals surface area contributed by atoms with Crippen LogP contribution in [0.15, 0.2) is 0 Å². The van der Waals surface area contributed by atoms with Crippen LogP contribution in [0.3, 0.4) is 0 Å². The zero-order valence-corrected chi connectivity index (χ0v) is 16.0. The first kappa shape index (κ1) is 27.8. The van der Waals surface area contributed by atoms with Crippen molar-refractivity contribution in [2.75, 3.05) is 6.54 Å². The SMILES string of the molecule is CC(N)CCCC(=O)N(C(=O)C(F)(F)F)C(CCCCN)(C(=O)O)C(=O)C(F)(F)F. The lowest BCUT2D eigenvalue weighted by Gasteiger charge is -2.38. The number of unbranched alkanes of at least 4 members (excludes halogenated alkanes) is 1. The van der Waals surface area contributed by atoms with E-state index in [-0.39, 0.29) is 25.8 Å². The van der Waals surface area contributed by atoms with Gasteiger partial charge in [0.2, 0.25) is 11.4 Å². The normalized spacial score (nSPS) is 15.2. The minimum Gasteiger partial charge on any atom is -0.479 e. The van der Waals surface area contributed by atoms with Gasteiger partial charge in [0.1, 0.15) is 0 Å². The molecule has 0 aliphatic heterocycles. The van der Waals surface area contributed by atoms with Crippen LogP contribution in [0.2, 0.25) is 0 Å². The van der Waals surface area contributed by atoms with Crippen LogP contribution in [-0.4, -0.2) is 64.1 Å². The molecule has 2 unspecified atom stereocenters. The molecule has 0 aromatic rings. The third-order valence-electron chi connectivity index (χ3n) is 4.11. The summed E-state index contributed by atoms with van der Waals surface area (Å²) in [5.74, 6) is -10.9. The van der Waals surface area contributed by atoms with E-state index in [2.05, 4.69) is 0 Å². The lowest BCUT2D eigenvalue weighted by atomic mass is 9.84. The number of hydrogen-bond acceptors (Lipinski definition) is 6. The van der Waals surface area contributed by atoms with Crippen molar-refractivity contribution in [3.8, 4) is 0 Å². The molecule has 0 heterocycles. The summed E-state index contributed by atoms with van der Waals surface area (Å²) >= 11 is 0. The molecule has 0 aliphatic rings. The first-order chi connectivity index (χ1) is 13.5. The van der Waals surface area contributed by atoms with E-state index in [0.717, 1.165) is 0 Å². The number of amides is 2. The summed E-state index contributed by atoms with van der Waals surface area (Å²) in [6.45, 7) is 1.29. The van der Waals surface area contributed by atoms with Crippen LogP contribution in [0.25, 0.3) is 0 Å². The van der Waals surface area contributed by atoms with Crippen molar-refractivity contribution in [2.45, 2.75) is 69.4 Å². The molecule has 2 atom stereocenters. The number of rotatable bonds is 11. The highest BCUT2D eigenvalue weighted by Crippen LogP contribution is 2.36. The highest BCUT2D eigenvalue weighted by Gasteiger charge is 2.66. The van der Waals surface area contributed by atoms with Crippen molar-refractivity contribution in [3.63, 3.8) is 0 Å². The molecule has 5 N–H and O–H groups in total. The summed E-state index contributed by atoms with van der Waals surface area (Å²) in [5.41, 5.74) is 6.46. The number of Topliss-reactive ketones (excluding diaryl/α,β-unsaturated/α-hetero) is 1. The summed E-state index contributed by atoms with van der Waals surface area (Å²) in [5, 5.41) is 9.42. The Morgan fingerprint density at radius 1 is 0.967 bits per heavy atom. The predicted octanol–water partition coefficient (Wildman–Crippen LogP) is 1.51. The number of halogens is 6. The van der Waals surface area contributed by atoms with Crippen molar-refractivity contribution >= 4 is 23.6 Å². The Hall–Kier alpha value is -2.22. The number of hydrogen-bond donors (Lipinski definition) is 3. The quantitative estimate of drug-likeness (QED) is 0.245. The summed E-state index contributed by atoms with van der Waals surface area (Å²) in [6, 6.07) is -0.532. The first-order valence-electron chi connectivity index (χ1n) is 8.78. The van der Waals surface area contributed by atoms with E-state index >= 15 is 0 Å². The van der Waals surface area contributed by atoms with Gasteiger partial charge in [0.15, 0.2) is 0 Å². The van der Waals surface area contributed by atoms with Crippen LogP contribution in [0.1, 0.15) is 45.4 Å². The highest BCUT2D eigenvalue weighted by molar-refractivity contribution is 6.17. The Morgan fingerprint density at radius 3 is 1.87 bits per heavy atom. The molecule has 0 aromatic carbocycles. The molecule has 30 heavy (non-hydrogen) atoms. The molecule has 0 aliphatic carbocycles. The maximum Gasteiger partial charge on any atom is 0.471 e. The van der Waals surface area contributed by atoms with Gasteiger partial charge in [-0.2, -0.15) is 26.3 Å². The van der Waals surface area contributed by atoms with Gasteiger partial charge in [-0.25, -0.2) is 9.69 Å². The molecular formula is C16H23F6N3O5. The smallest absolute Gasteiger partial charge is 0.471 e. The molecule has 2 amide bonds. The average Bonchev–Trinajstić information content (AvgIpc) is 2.57. The number of carbonyl (C=O) groups is 4. The Balaban J connectivity index is 6.61. The van der Waals surface area contributed by atoms with Gasteiger partial charge in [0, 0.05) is 12.5 Å². The summed E-state index contributed by atoms with van der Waals surface area (Å²) in [4.78, 5) is 46.9. The van der Waals surface area contributed by atoms with Crippen LogP contribution in [-0.2, 0) is 19.2 Å². The van der Waals surface area contributed by atoms with Crippen LogP contribution < -0.4 is 11.5 Å². The molecule has 0 radical (unpaired) electrons. The van der Waals surface area contributed by atoms with Gasteiger partial charge < -0.3 is 16.6 Å². The van der Waals surface area contributed by atoms with Crippen molar-refractivity contribution in [1.82, 2.24) is 4.90 Å². The second kappa shape index (κ2) is 10.7. The summed E-state index contributed by atoms with van der Waals surface area (Å²) in [6.07, 6.45) is -15.1. The average molecular weight is 451 g/mol. The minimum atomic E-state index is -5.95. The van der Waals surface area contributed by atoms with Crippen molar-refractivity contribution < 1.29 is 50.6 Å². The second-order valence-electron chi connectivity index (χ2n) is 6.64. The number of carboxylic acids is 1. The molecule has 14 heteroatoms. The topological polar surface area (TPSA) is 144 Å². The van der Waals surface area contributed by atoms with Gasteiger partial charge in [-0.05, 0) is 45.6 Å². The molecule has 0 spiro atoms. The summed E-state index contributed by atoms with van der Waals surface area (Å²) in [7, 11) is 0. The van der Waals surface area contributed by atoms with Crippen molar-refractivity contribution in [3.05, 3.63) is 0 Å². The van der Waals surface area contributed by atoms with E-state index in [1.165, 1.54) is 6.92 Å². The maximum atomic E-state index is 13.2. The third kappa shape index (κ3) is 6.93. The standard InChI is InChI=1S/C16H23F6N3O5/c1-9(24)5-4-6-10(26)25(12(28)16(20,21)22)14(13(29)30,7-2-3-8-23)11(27)15(17,18)19/h9H,2-8,23-24H2,1H3,(H,29,30). The fourth-order valence-electron chi connectivity index (χ4n) is 2.70. The first-order valence-corrected chi connectivity index (χ1v) is 8.78. The fraction of sp³-hybridized carbons (Fsp3) is 0.750. The number of aliphatic carboxylic acids is 1. The Bertz CT molecular complexity index is 650. The van der Waals surface area contributed by atoms with Crippen LogP contribution in [0, 0.1) is 0 Å². The zero-order valence-electron chi connectivity index (χ0n) is 16.0. The predicted molar refractivity (Wildman–Crippen MR) is 89.7 cm³/mol. The minimum absolute atomic E-state index is 0.0419. The van der Waals surface area contributed by atoms with E-state index in [1.54, 1.807) is 0 Å². The Labute approximate surface area is 167 Å². The molecule has 0 aromatic heterocycles. The van der Waals surface area contributed by atoms with E-state index < -0.39 is 71.7 Å². The van der Waals surface area contributed by atoms with Gasteiger partial charge >= 0.3 is 24.2 Å². The Morgan fingerprint density at radius 2 is 1.50 bits per heavy atom. The van der Waals surface area contributed by atoms with Gasteiger partial charge in [0.05, 0.1) is 0 Å². The number of carbonyl (C=O) groups excluding carboxylic acids is 3. The van der Waals surface area contributed by atoms with Crippen molar-refractivity contribution in [2.24, 2.45) is 11.5 Å². The lowest BCUT2D eigenvalue weighted by Crippen LogP contribution is -2.68. The van der Waals surface area contributed by atoms with E-state index in [1.807, 2.05) is 0 Å². The van der Waals surface area contributed by atoms with E-state index in [9.17, 15) is 50.6 Å². The molecule has 0 bridgehead atoms. The summed E-state index contributed by atoms with van der Waals surface area (Å²) < 4.78 is 78.8. The molecule has 0 fully saturated rings. The number of nitrogens with zero attached hydrogens (tertiary/aromatic N) is 1. The zero-order chi connectivity index (χ0) is 23.9. The largest absolute Gasteiger partial charge is 0.479 e. The van der Waals surface area contributed by atoms with E-state index in [4.69, 9.17) is 11.5 Å². The molecule has 8 nitrogen and oxygen atoms in total. The molecule has 0 saturated carbocycles. The number of carboxylic acid groups (broad SMARTS) is 1. The fourth-order valence-corrected chi connectivity index (χ4v) is 2.70. The molecule has 0 saturated heterocycles. The molecule has 0 rings (SSSR count). The van der Waals surface area contributed by atoms with E-state index in [0.29, 0.717) is 0 Å². The Kier molecular flexibility index (Phi) is 9.91. The number of ketones is 1. The van der Waals surface area contributed by atoms with Crippen LogP contribution >= 0.6 is 0 Å². The monoisotopic (exact) mass is 451 g/mol. The van der Waals surface area contributed by atoms with Gasteiger partial charge in [-0.15, -0.1) is 0 Å².